The molecule has 1 unspecified atom stereocenters. The molecule has 1 aliphatic rings. The van der Waals surface area contributed by atoms with Gasteiger partial charge in [-0.05, 0) is 43.1 Å². The molecule has 59 heavy (non-hydrogen) atoms. The maximum absolute atomic E-state index is 14.4. The van der Waals surface area contributed by atoms with Crippen LogP contribution in [0.5, 0.6) is 0 Å². The summed E-state index contributed by atoms with van der Waals surface area (Å²) < 4.78 is 26.0. The number of hydrogen-bond donors (Lipinski definition) is 1. The van der Waals surface area contributed by atoms with Gasteiger partial charge in [0.25, 0.3) is 0 Å². The third kappa shape index (κ3) is 15.1. The number of ether oxygens (including phenoxy) is 2. The normalized spacial score (nSPS) is 18.8. The molecule has 2 amide bonds. The lowest BCUT2D eigenvalue weighted by molar-refractivity contribution is -0.146. The molecule has 9 atom stereocenters. The number of methoxy groups -OCH3 is 2. The number of likely N-dealkylation sites (N-methyl/N-ethyl adjacent to an activating group) is 1. The van der Waals surface area contributed by atoms with Crippen LogP contribution in [0.3, 0.4) is 0 Å². The Bertz CT molecular complexity index is 1550. The van der Waals surface area contributed by atoms with Gasteiger partial charge in [-0.3, -0.25) is 23.7 Å². The molecule has 1 fully saturated rings. The lowest BCUT2D eigenvalue weighted by atomic mass is 9.88. The number of unbranched alkanes of at least 4 members (excludes halogenated alkanes) is 2. The molecule has 0 bridgehead atoms. The van der Waals surface area contributed by atoms with Gasteiger partial charge >= 0.3 is 0 Å². The molecule has 0 radical (unpaired) electrons. The highest BCUT2D eigenvalue weighted by atomic mass is 31.2. The summed E-state index contributed by atoms with van der Waals surface area (Å²) in [5.74, 6) is -0.913. The number of ketones is 2. The molecular weight excluding hydrogens is 769 g/mol. The SMILES string of the molecule is CCCCCC(=O)CP(=O)(O)[C@@H](CC(=O)[C@H](C)[C@@H](OC)[C@@H]1CCCN1C(=O)C[C@@H](OC)[C@H]([C@@H](C)CC)N(C)C(=O)[C@@H](N=C(N(C)C)N(C)C)C(C)C)Cc1ccccc1. The van der Waals surface area contributed by atoms with Gasteiger partial charge in [-0.15, -0.1) is 0 Å². The fourth-order valence-corrected chi connectivity index (χ4v) is 10.4. The minimum atomic E-state index is -4.07. The van der Waals surface area contributed by atoms with Crippen LogP contribution in [0.1, 0.15) is 105 Å². The number of hydrogen-bond acceptors (Lipinski definition) is 8. The predicted molar refractivity (Wildman–Crippen MR) is 237 cm³/mol. The first-order chi connectivity index (χ1) is 27.7. The molecule has 0 spiro atoms. The van der Waals surface area contributed by atoms with Crippen molar-refractivity contribution in [3.8, 4) is 0 Å². The van der Waals surface area contributed by atoms with Gasteiger partial charge < -0.3 is 34.0 Å². The zero-order chi connectivity index (χ0) is 44.6. The van der Waals surface area contributed by atoms with Crippen molar-refractivity contribution in [1.82, 2.24) is 19.6 Å². The Hall–Kier alpha value is -3.12. The van der Waals surface area contributed by atoms with Gasteiger partial charge in [0, 0.05) is 80.4 Å². The van der Waals surface area contributed by atoms with E-state index in [9.17, 15) is 28.6 Å². The summed E-state index contributed by atoms with van der Waals surface area (Å²) >= 11 is 0. The van der Waals surface area contributed by atoms with E-state index in [2.05, 4.69) is 13.8 Å². The zero-order valence-electron chi connectivity index (χ0n) is 38.6. The first-order valence-electron chi connectivity index (χ1n) is 21.7. The Labute approximate surface area is 356 Å². The second-order valence-corrected chi connectivity index (χ2v) is 20.0. The fourth-order valence-electron chi connectivity index (χ4n) is 8.49. The van der Waals surface area contributed by atoms with Crippen molar-refractivity contribution in [2.75, 3.05) is 62.2 Å². The largest absolute Gasteiger partial charge is 0.379 e. The van der Waals surface area contributed by atoms with E-state index in [4.69, 9.17) is 14.5 Å². The van der Waals surface area contributed by atoms with E-state index in [1.54, 1.807) is 30.9 Å². The van der Waals surface area contributed by atoms with Crippen molar-refractivity contribution < 1.29 is 38.1 Å². The second kappa shape index (κ2) is 25.0. The first kappa shape index (κ1) is 52.0. The van der Waals surface area contributed by atoms with E-state index in [0.717, 1.165) is 31.2 Å². The minimum absolute atomic E-state index is 0.00244. The van der Waals surface area contributed by atoms with Crippen molar-refractivity contribution in [1.29, 1.82) is 0 Å². The van der Waals surface area contributed by atoms with Crippen LogP contribution < -0.4 is 0 Å². The highest BCUT2D eigenvalue weighted by molar-refractivity contribution is 7.59. The second-order valence-electron chi connectivity index (χ2n) is 17.4. The van der Waals surface area contributed by atoms with E-state index in [-0.39, 0.29) is 60.9 Å². The summed E-state index contributed by atoms with van der Waals surface area (Å²) in [4.78, 5) is 79.2. The quantitative estimate of drug-likeness (QED) is 0.0507. The summed E-state index contributed by atoms with van der Waals surface area (Å²) in [6.45, 7) is 12.4. The Balaban J connectivity index is 2.36. The summed E-state index contributed by atoms with van der Waals surface area (Å²) in [7, 11) is 8.39. The van der Waals surface area contributed by atoms with E-state index in [1.807, 2.05) is 89.1 Å². The number of likely N-dealkylation sites (tertiary alicyclic amines) is 1. The van der Waals surface area contributed by atoms with E-state index in [0.29, 0.717) is 25.3 Å². The third-order valence-electron chi connectivity index (χ3n) is 12.1. The van der Waals surface area contributed by atoms with Gasteiger partial charge in [0.1, 0.15) is 17.6 Å². The monoisotopic (exact) mass is 848 g/mol. The van der Waals surface area contributed by atoms with Crippen LogP contribution in [0.25, 0.3) is 0 Å². The van der Waals surface area contributed by atoms with E-state index >= 15 is 0 Å². The minimum Gasteiger partial charge on any atom is -0.379 e. The molecule has 1 aromatic rings. The zero-order valence-corrected chi connectivity index (χ0v) is 39.5. The Morgan fingerprint density at radius 3 is 2.08 bits per heavy atom. The highest BCUT2D eigenvalue weighted by Crippen LogP contribution is 2.50. The molecule has 14 heteroatoms. The highest BCUT2D eigenvalue weighted by Gasteiger charge is 2.44. The number of aliphatic imine (C=N–C) groups is 1. The molecular formula is C45H78N5O8P. The molecule has 13 nitrogen and oxygen atoms in total. The molecule has 2 rings (SSSR count). The summed E-state index contributed by atoms with van der Waals surface area (Å²) in [6.07, 6.45) is 3.10. The average molecular weight is 848 g/mol. The maximum Gasteiger partial charge on any atom is 0.247 e. The average Bonchev–Trinajstić information content (AvgIpc) is 3.67. The molecule has 1 aliphatic heterocycles. The summed E-state index contributed by atoms with van der Waals surface area (Å²) in [5, 5.41) is 0. The fraction of sp³-hybridized carbons (Fsp3) is 0.756. The van der Waals surface area contributed by atoms with Crippen molar-refractivity contribution in [2.45, 2.75) is 142 Å². The van der Waals surface area contributed by atoms with Crippen LogP contribution in [-0.2, 0) is 39.6 Å². The number of nitrogens with zero attached hydrogens (tertiary/aromatic N) is 5. The van der Waals surface area contributed by atoms with E-state index < -0.39 is 55.4 Å². The number of amides is 2. The Morgan fingerprint density at radius 2 is 1.56 bits per heavy atom. The van der Waals surface area contributed by atoms with Crippen LogP contribution in [0.4, 0.5) is 0 Å². The molecule has 1 aromatic carbocycles. The molecule has 336 valence electrons. The van der Waals surface area contributed by atoms with Crippen LogP contribution in [0.15, 0.2) is 35.3 Å². The smallest absolute Gasteiger partial charge is 0.247 e. The van der Waals surface area contributed by atoms with Gasteiger partial charge in [-0.1, -0.05) is 91.1 Å². The van der Waals surface area contributed by atoms with Crippen molar-refractivity contribution in [3.63, 3.8) is 0 Å². The van der Waals surface area contributed by atoms with Gasteiger partial charge in [-0.25, -0.2) is 4.99 Å². The van der Waals surface area contributed by atoms with Crippen LogP contribution >= 0.6 is 7.37 Å². The molecule has 0 saturated carbocycles. The topological polar surface area (TPSA) is 149 Å². The van der Waals surface area contributed by atoms with Crippen molar-refractivity contribution >= 4 is 36.7 Å². The van der Waals surface area contributed by atoms with Crippen LogP contribution in [0, 0.1) is 17.8 Å². The van der Waals surface area contributed by atoms with Gasteiger partial charge in [0.05, 0.1) is 36.9 Å². The predicted octanol–water partition coefficient (Wildman–Crippen LogP) is 6.40. The molecule has 1 saturated heterocycles. The molecule has 1 heterocycles. The number of guanidine groups is 1. The number of rotatable bonds is 25. The lowest BCUT2D eigenvalue weighted by Gasteiger charge is -2.40. The first-order valence-corrected chi connectivity index (χ1v) is 23.6. The number of benzene rings is 1. The summed E-state index contributed by atoms with van der Waals surface area (Å²) in [6, 6.07) is 7.80. The van der Waals surface area contributed by atoms with Crippen molar-refractivity contribution in [2.24, 2.45) is 22.7 Å². The van der Waals surface area contributed by atoms with Crippen LogP contribution in [-0.4, -0.2) is 152 Å². The standard InChI is InChI=1S/C45H78N5O8P/c1-14-16-18-24-35(51)30-59(55,56)36(27-34-22-19-17-20-23-34)28-38(52)33(6)43(58-13)37-25-21-26-50(37)40(53)29-39(57-12)42(32(5)15-2)49(11)44(54)41(31(3)4)46-45(47(7)8)48(9)10/h17,19-20,22-23,31-33,36-37,39,41-43H,14-16,18,21,24-30H2,1-13H3,(H,55,56)/t32-,33-,36+,37-,39+,41-,42-,43+/m0/s1. The van der Waals surface area contributed by atoms with Crippen LogP contribution in [0.2, 0.25) is 0 Å². The van der Waals surface area contributed by atoms with Gasteiger partial charge in [0.2, 0.25) is 19.2 Å². The Kier molecular flexibility index (Phi) is 22.0. The summed E-state index contributed by atoms with van der Waals surface area (Å²) in [5.41, 5.74) is -0.122. The molecule has 0 aromatic heterocycles. The third-order valence-corrected chi connectivity index (χ3v) is 14.4. The van der Waals surface area contributed by atoms with Gasteiger partial charge in [-0.2, -0.15) is 0 Å². The van der Waals surface area contributed by atoms with Crippen molar-refractivity contribution in [3.05, 3.63) is 35.9 Å². The Morgan fingerprint density at radius 1 is 0.932 bits per heavy atom. The number of Topliss-reactive ketones (excluding diaryl/α,β-unsaturated/α-hetero) is 2. The number of carbonyl (C=O) groups excluding carboxylic acids is 4. The number of carbonyl (C=O) groups is 4. The van der Waals surface area contributed by atoms with E-state index in [1.165, 1.54) is 7.11 Å². The lowest BCUT2D eigenvalue weighted by Crippen LogP contribution is -2.55. The van der Waals surface area contributed by atoms with Gasteiger partial charge in [0.15, 0.2) is 5.96 Å². The molecule has 1 N–H and O–H groups in total. The maximum atomic E-state index is 14.4. The molecule has 0 aliphatic carbocycles.